The van der Waals surface area contributed by atoms with Crippen LogP contribution in [0.2, 0.25) is 5.02 Å². The molecule has 0 aromatic heterocycles. The van der Waals surface area contributed by atoms with Gasteiger partial charge in [0.05, 0.1) is 15.6 Å². The highest BCUT2D eigenvalue weighted by Gasteiger charge is 2.11. The monoisotopic (exact) mass is 242 g/mol. The van der Waals surface area contributed by atoms with Crippen molar-refractivity contribution in [3.05, 3.63) is 33.3 Å². The summed E-state index contributed by atoms with van der Waals surface area (Å²) in [7, 11) is 0. The van der Waals surface area contributed by atoms with Crippen molar-refractivity contribution >= 4 is 23.0 Å². The summed E-state index contributed by atoms with van der Waals surface area (Å²) in [5.41, 5.74) is 0.765. The predicted octanol–water partition coefficient (Wildman–Crippen LogP) is 3.85. The zero-order chi connectivity index (χ0) is 12.1. The number of halogens is 1. The molecule has 0 aliphatic rings. The van der Waals surface area contributed by atoms with E-state index >= 15 is 0 Å². The van der Waals surface area contributed by atoms with Gasteiger partial charge in [0.1, 0.15) is 0 Å². The van der Waals surface area contributed by atoms with Gasteiger partial charge in [-0.1, -0.05) is 25.4 Å². The van der Waals surface area contributed by atoms with Crippen LogP contribution in [0.25, 0.3) is 0 Å². The van der Waals surface area contributed by atoms with Crippen molar-refractivity contribution in [2.75, 3.05) is 5.32 Å². The van der Waals surface area contributed by atoms with Crippen LogP contribution in [0.5, 0.6) is 0 Å². The Bertz CT molecular complexity index is 378. The summed E-state index contributed by atoms with van der Waals surface area (Å²) in [6, 6.07) is 4.82. The first kappa shape index (κ1) is 12.8. The molecule has 0 fully saturated rings. The Morgan fingerprint density at radius 3 is 2.50 bits per heavy atom. The minimum Gasteiger partial charge on any atom is -0.381 e. The Kier molecular flexibility index (Phi) is 4.55. The van der Waals surface area contributed by atoms with E-state index in [-0.39, 0.29) is 5.69 Å². The van der Waals surface area contributed by atoms with Crippen LogP contribution >= 0.6 is 11.6 Å². The number of nitrogens with zero attached hydrogens (tertiary/aromatic N) is 1. The van der Waals surface area contributed by atoms with Gasteiger partial charge in [-0.2, -0.15) is 0 Å². The fourth-order valence-corrected chi connectivity index (χ4v) is 1.68. The molecule has 0 heterocycles. The first-order valence-corrected chi connectivity index (χ1v) is 5.66. The zero-order valence-corrected chi connectivity index (χ0v) is 10.1. The number of nitro benzene ring substituents is 1. The Labute approximate surface area is 99.8 Å². The van der Waals surface area contributed by atoms with Crippen LogP contribution in [0, 0.1) is 10.1 Å². The van der Waals surface area contributed by atoms with E-state index in [1.807, 2.05) is 0 Å². The second-order valence-corrected chi connectivity index (χ2v) is 3.99. The van der Waals surface area contributed by atoms with Crippen LogP contribution in [0.3, 0.4) is 0 Å². The number of hydrogen-bond donors (Lipinski definition) is 1. The highest BCUT2D eigenvalue weighted by molar-refractivity contribution is 6.33. The zero-order valence-electron chi connectivity index (χ0n) is 9.37. The Balaban J connectivity index is 2.86. The van der Waals surface area contributed by atoms with Crippen molar-refractivity contribution in [1.29, 1.82) is 0 Å². The molecule has 1 aromatic rings. The van der Waals surface area contributed by atoms with Crippen LogP contribution < -0.4 is 5.32 Å². The first-order chi connectivity index (χ1) is 7.58. The Morgan fingerprint density at radius 1 is 1.44 bits per heavy atom. The van der Waals surface area contributed by atoms with Crippen LogP contribution in [-0.2, 0) is 0 Å². The smallest absolute Gasteiger partial charge is 0.271 e. The van der Waals surface area contributed by atoms with Gasteiger partial charge in [-0.05, 0) is 18.9 Å². The minimum absolute atomic E-state index is 0.0140. The first-order valence-electron chi connectivity index (χ1n) is 5.29. The van der Waals surface area contributed by atoms with Gasteiger partial charge in [0.2, 0.25) is 0 Å². The predicted molar refractivity (Wildman–Crippen MR) is 66.1 cm³/mol. The lowest BCUT2D eigenvalue weighted by atomic mass is 10.1. The maximum atomic E-state index is 10.5. The normalized spacial score (nSPS) is 10.5. The molecule has 16 heavy (non-hydrogen) atoms. The summed E-state index contributed by atoms with van der Waals surface area (Å²) in [5.74, 6) is 0. The number of non-ortho nitro benzene ring substituents is 1. The number of hydrogen-bond acceptors (Lipinski definition) is 3. The lowest BCUT2D eigenvalue weighted by molar-refractivity contribution is -0.384. The molecule has 0 saturated heterocycles. The van der Waals surface area contributed by atoms with Crippen molar-refractivity contribution in [2.24, 2.45) is 0 Å². The van der Waals surface area contributed by atoms with Crippen molar-refractivity contribution in [2.45, 2.75) is 32.7 Å². The third-order valence-corrected chi connectivity index (χ3v) is 2.82. The average Bonchev–Trinajstić information content (AvgIpc) is 2.27. The van der Waals surface area contributed by atoms with Crippen LogP contribution in [-0.4, -0.2) is 11.0 Å². The molecule has 0 unspecified atom stereocenters. The van der Waals surface area contributed by atoms with Crippen molar-refractivity contribution in [1.82, 2.24) is 0 Å². The second-order valence-electron chi connectivity index (χ2n) is 3.58. The quantitative estimate of drug-likeness (QED) is 0.630. The standard InChI is InChI=1S/C11H15ClN2O2/c1-3-8(4-2)13-11-6-5-9(14(15)16)7-10(11)12/h5-8,13H,3-4H2,1-2H3. The third kappa shape index (κ3) is 3.10. The highest BCUT2D eigenvalue weighted by Crippen LogP contribution is 2.27. The van der Waals surface area contributed by atoms with E-state index in [9.17, 15) is 10.1 Å². The molecule has 0 radical (unpaired) electrons. The van der Waals surface area contributed by atoms with Gasteiger partial charge in [-0.3, -0.25) is 10.1 Å². The molecule has 4 nitrogen and oxygen atoms in total. The summed E-state index contributed by atoms with van der Waals surface area (Å²) in [5, 5.41) is 14.2. The van der Waals surface area contributed by atoms with E-state index in [1.165, 1.54) is 12.1 Å². The molecule has 0 aliphatic heterocycles. The molecule has 0 atom stereocenters. The van der Waals surface area contributed by atoms with Crippen molar-refractivity contribution in [3.63, 3.8) is 0 Å². The van der Waals surface area contributed by atoms with Gasteiger partial charge in [-0.15, -0.1) is 0 Å². The number of anilines is 1. The summed E-state index contributed by atoms with van der Waals surface area (Å²) < 4.78 is 0. The van der Waals surface area contributed by atoms with Crippen molar-refractivity contribution < 1.29 is 4.92 Å². The molecular weight excluding hydrogens is 228 g/mol. The maximum Gasteiger partial charge on any atom is 0.271 e. The summed E-state index contributed by atoms with van der Waals surface area (Å²) in [6.07, 6.45) is 1.98. The van der Waals surface area contributed by atoms with Gasteiger partial charge in [-0.25, -0.2) is 0 Å². The summed E-state index contributed by atoms with van der Waals surface area (Å²) in [6.45, 7) is 4.17. The van der Waals surface area contributed by atoms with Gasteiger partial charge >= 0.3 is 0 Å². The Hall–Kier alpha value is -1.29. The molecule has 0 amide bonds. The van der Waals surface area contributed by atoms with Gasteiger partial charge < -0.3 is 5.32 Å². The fourth-order valence-electron chi connectivity index (χ4n) is 1.45. The van der Waals surface area contributed by atoms with E-state index < -0.39 is 4.92 Å². The SMILES string of the molecule is CCC(CC)Nc1ccc([N+](=O)[O-])cc1Cl. The molecule has 5 heteroatoms. The Morgan fingerprint density at radius 2 is 2.06 bits per heavy atom. The molecule has 1 N–H and O–H groups in total. The van der Waals surface area contributed by atoms with E-state index in [0.717, 1.165) is 18.5 Å². The highest BCUT2D eigenvalue weighted by atomic mass is 35.5. The van der Waals surface area contributed by atoms with Crippen LogP contribution in [0.15, 0.2) is 18.2 Å². The number of nitrogens with one attached hydrogen (secondary N) is 1. The molecule has 88 valence electrons. The van der Waals surface area contributed by atoms with E-state index in [4.69, 9.17) is 11.6 Å². The molecule has 0 spiro atoms. The van der Waals surface area contributed by atoms with Gasteiger partial charge in [0.25, 0.3) is 5.69 Å². The third-order valence-electron chi connectivity index (χ3n) is 2.51. The van der Waals surface area contributed by atoms with Crippen molar-refractivity contribution in [3.8, 4) is 0 Å². The largest absolute Gasteiger partial charge is 0.381 e. The maximum absolute atomic E-state index is 10.5. The minimum atomic E-state index is -0.452. The topological polar surface area (TPSA) is 55.2 Å². The van der Waals surface area contributed by atoms with E-state index in [0.29, 0.717) is 11.1 Å². The van der Waals surface area contributed by atoms with Gasteiger partial charge in [0.15, 0.2) is 0 Å². The van der Waals surface area contributed by atoms with E-state index in [2.05, 4.69) is 19.2 Å². The second kappa shape index (κ2) is 5.70. The number of nitro groups is 1. The fraction of sp³-hybridized carbons (Fsp3) is 0.455. The number of benzene rings is 1. The molecule has 0 aliphatic carbocycles. The molecular formula is C11H15ClN2O2. The molecule has 1 rings (SSSR count). The lowest BCUT2D eigenvalue weighted by Gasteiger charge is -2.16. The van der Waals surface area contributed by atoms with Crippen LogP contribution in [0.1, 0.15) is 26.7 Å². The van der Waals surface area contributed by atoms with Gasteiger partial charge in [0, 0.05) is 18.2 Å². The molecule has 0 saturated carbocycles. The molecule has 0 bridgehead atoms. The van der Waals surface area contributed by atoms with Crippen LogP contribution in [0.4, 0.5) is 11.4 Å². The lowest BCUT2D eigenvalue weighted by Crippen LogP contribution is -2.17. The summed E-state index contributed by atoms with van der Waals surface area (Å²) in [4.78, 5) is 10.1. The molecule has 1 aromatic carbocycles. The average molecular weight is 243 g/mol. The van der Waals surface area contributed by atoms with E-state index in [1.54, 1.807) is 6.07 Å². The summed E-state index contributed by atoms with van der Waals surface area (Å²) >= 11 is 5.96. The number of rotatable bonds is 5.